The lowest BCUT2D eigenvalue weighted by molar-refractivity contribution is 0.0523. The van der Waals surface area contributed by atoms with E-state index < -0.39 is 11.7 Å². The molecule has 0 heterocycles. The van der Waals surface area contributed by atoms with Gasteiger partial charge in [0.2, 0.25) is 0 Å². The summed E-state index contributed by atoms with van der Waals surface area (Å²) in [5, 5.41) is 3.30. The molecule has 1 aromatic carbocycles. The van der Waals surface area contributed by atoms with Crippen molar-refractivity contribution in [2.45, 2.75) is 46.8 Å². The lowest BCUT2D eigenvalue weighted by atomic mass is 10.1. The maximum Gasteiger partial charge on any atom is 0.407 e. The lowest BCUT2D eigenvalue weighted by Gasteiger charge is -2.20. The van der Waals surface area contributed by atoms with Crippen LogP contribution in [0, 0.1) is 6.92 Å². The summed E-state index contributed by atoms with van der Waals surface area (Å²) in [7, 11) is 0. The summed E-state index contributed by atoms with van der Waals surface area (Å²) in [5.74, 6) is 0.883. The summed E-state index contributed by atoms with van der Waals surface area (Å²) in [5.41, 5.74) is 8.15. The number of carbonyl (C=O) groups is 1. The molecule has 122 valence electrons. The second kappa shape index (κ2) is 8.08. The van der Waals surface area contributed by atoms with Gasteiger partial charge in [-0.05, 0) is 50.6 Å². The molecule has 0 bridgehead atoms. The van der Waals surface area contributed by atoms with Gasteiger partial charge in [-0.3, -0.25) is 0 Å². The predicted octanol–water partition coefficient (Wildman–Crippen LogP) is 3.72. The molecule has 0 unspecified atom stereocenters. The first-order chi connectivity index (χ1) is 10.2. The number of hydrogen-bond acceptors (Lipinski definition) is 4. The fraction of sp³-hybridized carbons (Fsp3) is 0.500. The van der Waals surface area contributed by atoms with Crippen LogP contribution in [-0.4, -0.2) is 22.6 Å². The molecule has 0 aliphatic heterocycles. The molecule has 0 aliphatic rings. The molecule has 0 radical (unpaired) electrons. The lowest BCUT2D eigenvalue weighted by Crippen LogP contribution is -2.32. The summed E-state index contributed by atoms with van der Waals surface area (Å²) >= 11 is 1.50. The minimum absolute atomic E-state index is 0.394. The molecule has 0 fully saturated rings. The van der Waals surface area contributed by atoms with Crippen LogP contribution in [-0.2, 0) is 11.3 Å². The van der Waals surface area contributed by atoms with Crippen molar-refractivity contribution in [2.24, 2.45) is 10.7 Å². The average Bonchev–Trinajstić information content (AvgIpc) is 2.38. The second-order valence-corrected chi connectivity index (χ2v) is 7.08. The van der Waals surface area contributed by atoms with Crippen LogP contribution in [0.3, 0.4) is 0 Å². The van der Waals surface area contributed by atoms with E-state index in [0.29, 0.717) is 11.7 Å². The molecule has 0 spiro atoms. The van der Waals surface area contributed by atoms with Crippen molar-refractivity contribution in [3.05, 3.63) is 29.3 Å². The quantitative estimate of drug-likeness (QED) is 0.654. The molecular formula is C16H25N3O2S. The third kappa shape index (κ3) is 6.39. The molecule has 0 saturated heterocycles. The Morgan fingerprint density at radius 3 is 2.68 bits per heavy atom. The number of benzene rings is 1. The van der Waals surface area contributed by atoms with Crippen molar-refractivity contribution >= 4 is 28.7 Å². The van der Waals surface area contributed by atoms with Crippen LogP contribution in [0.1, 0.15) is 38.8 Å². The summed E-state index contributed by atoms with van der Waals surface area (Å²) in [6.45, 7) is 9.89. The first-order valence-electron chi connectivity index (χ1n) is 7.25. The SMILES string of the molecule is CCSC(N)=Nc1cccc(CNC(=O)OC(C)(C)C)c1C. The highest BCUT2D eigenvalue weighted by Crippen LogP contribution is 2.23. The van der Waals surface area contributed by atoms with Crippen LogP contribution < -0.4 is 11.1 Å². The average molecular weight is 323 g/mol. The standard InChI is InChI=1S/C16H25N3O2S/c1-6-22-14(17)19-13-9-7-8-12(11(13)2)10-18-15(20)21-16(3,4)5/h7-9H,6,10H2,1-5H3,(H2,17,19)(H,18,20). The van der Waals surface area contributed by atoms with E-state index in [1.165, 1.54) is 11.8 Å². The van der Waals surface area contributed by atoms with Crippen LogP contribution >= 0.6 is 11.8 Å². The highest BCUT2D eigenvalue weighted by molar-refractivity contribution is 8.13. The van der Waals surface area contributed by atoms with Gasteiger partial charge in [0.25, 0.3) is 0 Å². The van der Waals surface area contributed by atoms with Gasteiger partial charge >= 0.3 is 6.09 Å². The molecule has 0 aromatic heterocycles. The monoisotopic (exact) mass is 323 g/mol. The number of nitrogens with two attached hydrogens (primary N) is 1. The number of thioether (sulfide) groups is 1. The second-order valence-electron chi connectivity index (χ2n) is 5.80. The Morgan fingerprint density at radius 1 is 1.41 bits per heavy atom. The van der Waals surface area contributed by atoms with E-state index in [1.807, 2.05) is 52.8 Å². The van der Waals surface area contributed by atoms with Crippen LogP contribution in [0.4, 0.5) is 10.5 Å². The number of nitrogens with one attached hydrogen (secondary N) is 1. The maximum absolute atomic E-state index is 11.7. The summed E-state index contributed by atoms with van der Waals surface area (Å²) in [6.07, 6.45) is -0.429. The topological polar surface area (TPSA) is 76.7 Å². The Balaban J connectivity index is 2.77. The Labute approximate surface area is 136 Å². The zero-order chi connectivity index (χ0) is 16.8. The molecule has 5 nitrogen and oxygen atoms in total. The number of carbonyl (C=O) groups excluding carboxylic acids is 1. The molecule has 1 rings (SSSR count). The van der Waals surface area contributed by atoms with Gasteiger partial charge in [-0.2, -0.15) is 0 Å². The van der Waals surface area contributed by atoms with Gasteiger partial charge in [0.15, 0.2) is 5.17 Å². The Morgan fingerprint density at radius 2 is 2.09 bits per heavy atom. The van der Waals surface area contributed by atoms with Gasteiger partial charge in [-0.15, -0.1) is 0 Å². The third-order valence-corrected chi connectivity index (χ3v) is 3.44. The normalized spacial score (nSPS) is 12.1. The first-order valence-corrected chi connectivity index (χ1v) is 8.23. The fourth-order valence-corrected chi connectivity index (χ4v) is 2.22. The van der Waals surface area contributed by atoms with E-state index in [9.17, 15) is 4.79 Å². The molecule has 22 heavy (non-hydrogen) atoms. The molecular weight excluding hydrogens is 298 g/mol. The van der Waals surface area contributed by atoms with Gasteiger partial charge in [0.1, 0.15) is 5.60 Å². The highest BCUT2D eigenvalue weighted by Gasteiger charge is 2.16. The summed E-state index contributed by atoms with van der Waals surface area (Å²) in [6, 6.07) is 5.77. The number of amides is 1. The predicted molar refractivity (Wildman–Crippen MR) is 93.7 cm³/mol. The molecule has 6 heteroatoms. The van der Waals surface area contributed by atoms with Crippen molar-refractivity contribution in [3.8, 4) is 0 Å². The smallest absolute Gasteiger partial charge is 0.407 e. The highest BCUT2D eigenvalue weighted by atomic mass is 32.2. The van der Waals surface area contributed by atoms with Gasteiger partial charge < -0.3 is 15.8 Å². The number of nitrogens with zero attached hydrogens (tertiary/aromatic N) is 1. The summed E-state index contributed by atoms with van der Waals surface area (Å²) in [4.78, 5) is 16.1. The van der Waals surface area contributed by atoms with Gasteiger partial charge in [-0.1, -0.05) is 30.8 Å². The summed E-state index contributed by atoms with van der Waals surface area (Å²) < 4.78 is 5.23. The Hall–Kier alpha value is -1.69. The first kappa shape index (κ1) is 18.4. The minimum atomic E-state index is -0.503. The third-order valence-electron chi connectivity index (χ3n) is 2.76. The number of rotatable bonds is 4. The number of alkyl carbamates (subject to hydrolysis) is 1. The Bertz CT molecular complexity index is 551. The van der Waals surface area contributed by atoms with Crippen molar-refractivity contribution in [3.63, 3.8) is 0 Å². The van der Waals surface area contributed by atoms with Crippen LogP contribution in [0.15, 0.2) is 23.2 Å². The van der Waals surface area contributed by atoms with Crippen molar-refractivity contribution in [1.82, 2.24) is 5.32 Å². The molecule has 0 aliphatic carbocycles. The van der Waals surface area contributed by atoms with Gasteiger partial charge in [-0.25, -0.2) is 9.79 Å². The maximum atomic E-state index is 11.7. The number of hydrogen-bond donors (Lipinski definition) is 2. The van der Waals surface area contributed by atoms with Crippen molar-refractivity contribution < 1.29 is 9.53 Å². The Kier molecular flexibility index (Phi) is 6.74. The van der Waals surface area contributed by atoms with Crippen LogP contribution in [0.5, 0.6) is 0 Å². The van der Waals surface area contributed by atoms with Crippen LogP contribution in [0.25, 0.3) is 0 Å². The van der Waals surface area contributed by atoms with E-state index in [-0.39, 0.29) is 0 Å². The van der Waals surface area contributed by atoms with Crippen LogP contribution in [0.2, 0.25) is 0 Å². The van der Waals surface area contributed by atoms with Gasteiger partial charge in [0.05, 0.1) is 5.69 Å². The molecule has 3 N–H and O–H groups in total. The van der Waals surface area contributed by atoms with Crippen molar-refractivity contribution in [2.75, 3.05) is 5.75 Å². The van der Waals surface area contributed by atoms with E-state index >= 15 is 0 Å². The number of aliphatic imine (C=N–C) groups is 1. The van der Waals surface area contributed by atoms with Crippen molar-refractivity contribution in [1.29, 1.82) is 0 Å². The van der Waals surface area contributed by atoms with E-state index in [1.54, 1.807) is 0 Å². The zero-order valence-corrected chi connectivity index (χ0v) is 14.7. The zero-order valence-electron chi connectivity index (χ0n) is 13.9. The van der Waals surface area contributed by atoms with E-state index in [0.717, 1.165) is 22.6 Å². The van der Waals surface area contributed by atoms with E-state index in [2.05, 4.69) is 10.3 Å². The molecule has 1 aromatic rings. The molecule has 0 atom stereocenters. The molecule has 0 saturated carbocycles. The van der Waals surface area contributed by atoms with Gasteiger partial charge in [0, 0.05) is 6.54 Å². The largest absolute Gasteiger partial charge is 0.444 e. The minimum Gasteiger partial charge on any atom is -0.444 e. The number of amidine groups is 1. The van der Waals surface area contributed by atoms with E-state index in [4.69, 9.17) is 10.5 Å². The molecule has 1 amide bonds. The number of ether oxygens (including phenoxy) is 1. The fourth-order valence-electron chi connectivity index (χ4n) is 1.76.